The molecular weight excluding hydrogens is 533 g/mol. The quantitative estimate of drug-likeness (QED) is 0.170. The smallest absolute Gasteiger partial charge is 0.266 e. The maximum Gasteiger partial charge on any atom is 0.266 e. The van der Waals surface area contributed by atoms with Crippen LogP contribution in [0.15, 0.2) is 76.0 Å². The van der Waals surface area contributed by atoms with Crippen LogP contribution >= 0.6 is 47.1 Å². The summed E-state index contributed by atoms with van der Waals surface area (Å²) < 4.78 is 2.33. The number of thiazole rings is 1. The molecule has 1 aliphatic heterocycles. The van der Waals surface area contributed by atoms with E-state index in [1.54, 1.807) is 6.08 Å². The minimum absolute atomic E-state index is 0.141. The highest BCUT2D eigenvalue weighted by atomic mass is 32.2. The van der Waals surface area contributed by atoms with Crippen molar-refractivity contribution >= 4 is 85.4 Å². The Hall–Kier alpha value is -2.99. The van der Waals surface area contributed by atoms with Crippen LogP contribution in [0.4, 0.5) is 0 Å². The first-order chi connectivity index (χ1) is 17.5. The van der Waals surface area contributed by atoms with Crippen LogP contribution in [0.1, 0.15) is 18.4 Å². The fourth-order valence-electron chi connectivity index (χ4n) is 3.19. The van der Waals surface area contributed by atoms with Crippen LogP contribution in [0.5, 0.6) is 0 Å². The number of nitrogens with zero attached hydrogens (tertiary/aromatic N) is 2. The Balaban J connectivity index is 1.15. The number of rotatable bonds is 9. The highest BCUT2D eigenvalue weighted by Gasteiger charge is 2.31. The standard InChI is InChI=1S/C25H22N4O3S4/c30-21(27-28-22(31)16-34-24-26-18-11-4-5-12-19(18)35-24)14-7-15-29-23(32)20(36-25(29)33)13-6-10-17-8-2-1-3-9-17/h1-6,8-13H,7,14-16H2,(H,27,30)(H,28,31). The number of allylic oxidation sites excluding steroid dienone is 2. The minimum Gasteiger partial charge on any atom is -0.293 e. The first-order valence-corrected chi connectivity index (χ1v) is 14.1. The maximum absolute atomic E-state index is 12.6. The lowest BCUT2D eigenvalue weighted by Crippen LogP contribution is -2.42. The van der Waals surface area contributed by atoms with Gasteiger partial charge in [-0.3, -0.25) is 30.1 Å². The number of hydrogen-bond acceptors (Lipinski definition) is 8. The van der Waals surface area contributed by atoms with Crippen molar-refractivity contribution in [3.8, 4) is 0 Å². The van der Waals surface area contributed by atoms with E-state index >= 15 is 0 Å². The van der Waals surface area contributed by atoms with E-state index in [2.05, 4.69) is 15.8 Å². The van der Waals surface area contributed by atoms with Gasteiger partial charge in [0.05, 0.1) is 20.9 Å². The number of carbonyl (C=O) groups is 3. The summed E-state index contributed by atoms with van der Waals surface area (Å²) >= 11 is 9.42. The van der Waals surface area contributed by atoms with Gasteiger partial charge < -0.3 is 0 Å². The SMILES string of the molecule is O=C(CCCN1C(=O)C(=CC=Cc2ccccc2)SC1=S)NNC(=O)CSc1nc2ccccc2s1. The molecule has 11 heteroatoms. The molecule has 1 aliphatic rings. The molecule has 0 atom stereocenters. The van der Waals surface area contributed by atoms with E-state index in [1.807, 2.05) is 66.7 Å². The van der Waals surface area contributed by atoms with Crippen LogP contribution in [-0.4, -0.2) is 44.2 Å². The van der Waals surface area contributed by atoms with E-state index in [0.717, 1.165) is 20.1 Å². The number of amides is 3. The van der Waals surface area contributed by atoms with Gasteiger partial charge in [-0.2, -0.15) is 0 Å². The highest BCUT2D eigenvalue weighted by molar-refractivity contribution is 8.26. The van der Waals surface area contributed by atoms with Crippen molar-refractivity contribution < 1.29 is 14.4 Å². The van der Waals surface area contributed by atoms with Gasteiger partial charge >= 0.3 is 0 Å². The molecule has 36 heavy (non-hydrogen) atoms. The van der Waals surface area contributed by atoms with Crippen molar-refractivity contribution in [1.29, 1.82) is 0 Å². The maximum atomic E-state index is 12.6. The molecule has 2 heterocycles. The van der Waals surface area contributed by atoms with E-state index in [4.69, 9.17) is 12.2 Å². The van der Waals surface area contributed by atoms with Crippen LogP contribution in [-0.2, 0) is 14.4 Å². The van der Waals surface area contributed by atoms with Gasteiger partial charge in [-0.15, -0.1) is 11.3 Å². The molecule has 0 bridgehead atoms. The molecule has 184 valence electrons. The van der Waals surface area contributed by atoms with Crippen LogP contribution in [0.25, 0.3) is 16.3 Å². The van der Waals surface area contributed by atoms with Crippen LogP contribution < -0.4 is 10.9 Å². The summed E-state index contributed by atoms with van der Waals surface area (Å²) in [5.41, 5.74) is 6.77. The molecule has 0 radical (unpaired) electrons. The summed E-state index contributed by atoms with van der Waals surface area (Å²) in [5, 5.41) is 0. The van der Waals surface area contributed by atoms with E-state index in [0.29, 0.717) is 22.2 Å². The third-order valence-electron chi connectivity index (χ3n) is 4.94. The van der Waals surface area contributed by atoms with Gasteiger partial charge in [0.2, 0.25) is 11.8 Å². The molecule has 3 aromatic rings. The first kappa shape index (κ1) is 26.1. The lowest BCUT2D eigenvalue weighted by atomic mass is 10.2. The molecule has 0 aliphatic carbocycles. The zero-order valence-electron chi connectivity index (χ0n) is 19.0. The summed E-state index contributed by atoms with van der Waals surface area (Å²) in [6, 6.07) is 17.6. The van der Waals surface area contributed by atoms with Crippen LogP contribution in [0.2, 0.25) is 0 Å². The van der Waals surface area contributed by atoms with Crippen molar-refractivity contribution in [2.45, 2.75) is 17.2 Å². The summed E-state index contributed by atoms with van der Waals surface area (Å²) in [6.07, 6.45) is 6.06. The number of fused-ring (bicyclic) bond motifs is 1. The highest BCUT2D eigenvalue weighted by Crippen LogP contribution is 2.31. The fourth-order valence-corrected chi connectivity index (χ4v) is 6.32. The molecular formula is C25H22N4O3S4. The number of para-hydroxylation sites is 1. The Morgan fingerprint density at radius 1 is 1.06 bits per heavy atom. The number of hydrogen-bond donors (Lipinski definition) is 2. The van der Waals surface area contributed by atoms with Crippen molar-refractivity contribution in [3.63, 3.8) is 0 Å². The van der Waals surface area contributed by atoms with Crippen molar-refractivity contribution in [1.82, 2.24) is 20.7 Å². The predicted molar refractivity (Wildman–Crippen MR) is 151 cm³/mol. The zero-order chi connectivity index (χ0) is 25.3. The molecule has 1 saturated heterocycles. The number of carbonyl (C=O) groups excluding carboxylic acids is 3. The predicted octanol–water partition coefficient (Wildman–Crippen LogP) is 4.77. The Labute approximate surface area is 226 Å². The topological polar surface area (TPSA) is 91.4 Å². The average Bonchev–Trinajstić information content (AvgIpc) is 3.42. The second-order valence-corrected chi connectivity index (χ2v) is 11.5. The van der Waals surface area contributed by atoms with Gasteiger partial charge in [-0.1, -0.05) is 90.4 Å². The lowest BCUT2D eigenvalue weighted by molar-refractivity contribution is -0.128. The molecule has 1 aromatic heterocycles. The summed E-state index contributed by atoms with van der Waals surface area (Å²) in [5.74, 6) is -0.677. The zero-order valence-corrected chi connectivity index (χ0v) is 22.3. The molecule has 7 nitrogen and oxygen atoms in total. The molecule has 0 saturated carbocycles. The van der Waals surface area contributed by atoms with Gasteiger partial charge in [0, 0.05) is 13.0 Å². The number of aromatic nitrogens is 1. The van der Waals surface area contributed by atoms with Crippen molar-refractivity contribution in [2.24, 2.45) is 0 Å². The van der Waals surface area contributed by atoms with Gasteiger partial charge in [0.15, 0.2) is 4.34 Å². The second kappa shape index (κ2) is 12.8. The van der Waals surface area contributed by atoms with Crippen molar-refractivity contribution in [2.75, 3.05) is 12.3 Å². The van der Waals surface area contributed by atoms with Gasteiger partial charge in [-0.05, 0) is 30.2 Å². The largest absolute Gasteiger partial charge is 0.293 e. The summed E-state index contributed by atoms with van der Waals surface area (Å²) in [7, 11) is 0. The molecule has 2 aromatic carbocycles. The Morgan fingerprint density at radius 3 is 2.61 bits per heavy atom. The van der Waals surface area contributed by atoms with E-state index in [9.17, 15) is 14.4 Å². The number of nitrogens with one attached hydrogen (secondary N) is 2. The molecule has 2 N–H and O–H groups in total. The van der Waals surface area contributed by atoms with Gasteiger partial charge in [0.1, 0.15) is 4.32 Å². The molecule has 4 rings (SSSR count). The van der Waals surface area contributed by atoms with Gasteiger partial charge in [0.25, 0.3) is 5.91 Å². The van der Waals surface area contributed by atoms with E-state index < -0.39 is 0 Å². The fraction of sp³-hybridized carbons (Fsp3) is 0.160. The average molecular weight is 555 g/mol. The lowest BCUT2D eigenvalue weighted by Gasteiger charge is -2.14. The van der Waals surface area contributed by atoms with Crippen LogP contribution in [0.3, 0.4) is 0 Å². The number of thioether (sulfide) groups is 2. The molecule has 0 unspecified atom stereocenters. The first-order valence-electron chi connectivity index (χ1n) is 11.0. The Kier molecular flexibility index (Phi) is 9.29. The van der Waals surface area contributed by atoms with Crippen LogP contribution in [0, 0.1) is 0 Å². The third-order valence-corrected chi connectivity index (χ3v) is 8.51. The van der Waals surface area contributed by atoms with E-state index in [-0.39, 0.29) is 29.9 Å². The third kappa shape index (κ3) is 7.26. The van der Waals surface area contributed by atoms with E-state index in [1.165, 1.54) is 39.8 Å². The van der Waals surface area contributed by atoms with Gasteiger partial charge in [-0.25, -0.2) is 4.98 Å². The summed E-state index contributed by atoms with van der Waals surface area (Å²) in [6.45, 7) is 0.333. The summed E-state index contributed by atoms with van der Waals surface area (Å²) in [4.78, 5) is 43.3. The van der Waals surface area contributed by atoms with Crippen molar-refractivity contribution in [3.05, 3.63) is 77.2 Å². The number of benzene rings is 2. The second-order valence-electron chi connectivity index (χ2n) is 7.56. The number of hydrazine groups is 1. The minimum atomic E-state index is -0.333. The number of thiocarbonyl (C=S) groups is 1. The molecule has 3 amide bonds. The Morgan fingerprint density at radius 2 is 1.81 bits per heavy atom. The monoisotopic (exact) mass is 554 g/mol. The normalized spacial score (nSPS) is 14.8. The Bertz CT molecular complexity index is 1300. The molecule has 0 spiro atoms. The molecule has 1 fully saturated rings.